The third-order valence-corrected chi connectivity index (χ3v) is 6.71. The molecule has 1 aliphatic heterocycles. The molecule has 1 saturated heterocycles. The number of aliphatic hydroxyl groups is 1. The lowest BCUT2D eigenvalue weighted by Gasteiger charge is -2.42. The van der Waals surface area contributed by atoms with Crippen molar-refractivity contribution in [2.24, 2.45) is 5.92 Å². The summed E-state index contributed by atoms with van der Waals surface area (Å²) in [6.07, 6.45) is 7.80. The first kappa shape index (κ1) is 21.9. The Kier molecular flexibility index (Phi) is 8.06. The van der Waals surface area contributed by atoms with Gasteiger partial charge in [-0.1, -0.05) is 18.5 Å². The Balaban J connectivity index is 1.46. The molecule has 2 heterocycles. The smallest absolute Gasteiger partial charge is 0.142 e. The summed E-state index contributed by atoms with van der Waals surface area (Å²) in [5.74, 6) is 0.612. The lowest BCUT2D eigenvalue weighted by atomic mass is 9.78. The first-order chi connectivity index (χ1) is 13.5. The molecular formula is C21H33ClFN3O2. The molecule has 1 saturated carbocycles. The van der Waals surface area contributed by atoms with Crippen molar-refractivity contribution in [3.8, 4) is 0 Å². The van der Waals surface area contributed by atoms with Crippen molar-refractivity contribution in [3.63, 3.8) is 0 Å². The van der Waals surface area contributed by atoms with Gasteiger partial charge in [0.25, 0.3) is 0 Å². The topological polar surface area (TPSA) is 66.4 Å². The van der Waals surface area contributed by atoms with Crippen molar-refractivity contribution in [2.75, 3.05) is 26.3 Å². The number of nitrogens with one attached hydrogen (secondary N) is 2. The molecule has 3 rings (SSSR count). The summed E-state index contributed by atoms with van der Waals surface area (Å²) in [6, 6.07) is 1.36. The van der Waals surface area contributed by atoms with Crippen molar-refractivity contribution < 1.29 is 14.2 Å². The van der Waals surface area contributed by atoms with E-state index in [0.717, 1.165) is 63.7 Å². The number of ether oxygens (including phenoxy) is 1. The molecular weight excluding hydrogens is 381 g/mol. The average molecular weight is 414 g/mol. The van der Waals surface area contributed by atoms with Gasteiger partial charge >= 0.3 is 0 Å². The van der Waals surface area contributed by atoms with Crippen molar-refractivity contribution in [1.29, 1.82) is 0 Å². The fraction of sp³-hybridized carbons (Fsp3) is 0.762. The fourth-order valence-corrected chi connectivity index (χ4v) is 4.95. The van der Waals surface area contributed by atoms with E-state index in [1.54, 1.807) is 0 Å². The predicted octanol–water partition coefficient (Wildman–Crippen LogP) is 3.60. The molecule has 0 amide bonds. The van der Waals surface area contributed by atoms with Crippen LogP contribution in [0.2, 0.25) is 5.02 Å². The Bertz CT molecular complexity index is 620. The first-order valence-electron chi connectivity index (χ1n) is 10.6. The van der Waals surface area contributed by atoms with Crippen LogP contribution in [0.25, 0.3) is 0 Å². The number of aliphatic hydroxyl groups excluding tert-OH is 1. The molecule has 2 aliphatic rings. The van der Waals surface area contributed by atoms with Crippen LogP contribution in [-0.2, 0) is 4.74 Å². The second kappa shape index (κ2) is 10.3. The lowest BCUT2D eigenvalue weighted by molar-refractivity contribution is -0.0426. The summed E-state index contributed by atoms with van der Waals surface area (Å²) in [6.45, 7) is 5.03. The minimum Gasteiger partial charge on any atom is -0.381 e. The summed E-state index contributed by atoms with van der Waals surface area (Å²) in [5.41, 5.74) is 0.548. The lowest BCUT2D eigenvalue weighted by Crippen LogP contribution is -2.62. The third-order valence-electron chi connectivity index (χ3n) is 6.41. The number of aromatic nitrogens is 1. The van der Waals surface area contributed by atoms with Gasteiger partial charge < -0.3 is 15.2 Å². The number of nitrogens with zero attached hydrogens (tertiary/aromatic N) is 1. The Morgan fingerprint density at radius 2 is 2.04 bits per heavy atom. The molecule has 158 valence electrons. The van der Waals surface area contributed by atoms with Gasteiger partial charge in [0.05, 0.1) is 22.5 Å². The van der Waals surface area contributed by atoms with E-state index in [0.29, 0.717) is 30.1 Å². The van der Waals surface area contributed by atoms with E-state index in [9.17, 15) is 9.50 Å². The molecule has 5 nitrogen and oxygen atoms in total. The Morgan fingerprint density at radius 1 is 1.32 bits per heavy atom. The van der Waals surface area contributed by atoms with Gasteiger partial charge in [-0.3, -0.25) is 10.3 Å². The molecule has 2 fully saturated rings. The molecule has 1 aromatic heterocycles. The van der Waals surface area contributed by atoms with Gasteiger partial charge in [0.1, 0.15) is 12.0 Å². The molecule has 0 spiro atoms. The van der Waals surface area contributed by atoms with E-state index in [2.05, 4.69) is 15.6 Å². The van der Waals surface area contributed by atoms with Gasteiger partial charge in [-0.05, 0) is 70.0 Å². The van der Waals surface area contributed by atoms with Crippen LogP contribution in [0.5, 0.6) is 0 Å². The Hall–Kier alpha value is -0.790. The molecule has 3 N–H and O–H groups in total. The summed E-state index contributed by atoms with van der Waals surface area (Å²) in [5, 5.41) is 17.9. The SMILES string of the molecule is CCNC(O)C1(NCC[C@H]2CC[C@@H](c3ncc(F)cc3Cl)CC2)CCOCC1. The number of hydrogen-bond acceptors (Lipinski definition) is 5. The predicted molar refractivity (Wildman–Crippen MR) is 109 cm³/mol. The third kappa shape index (κ3) is 5.42. The standard InChI is InChI=1S/C21H33ClFN3O2/c1-2-24-20(27)21(8-11-28-12-9-21)26-10-7-15-3-5-16(6-4-15)19-18(22)13-17(23)14-25-19/h13-16,20,24,26-27H,2-12H2,1H3/t15-,16+,20?. The maximum absolute atomic E-state index is 13.2. The van der Waals surface area contributed by atoms with Gasteiger partial charge in [-0.2, -0.15) is 0 Å². The van der Waals surface area contributed by atoms with Crippen LogP contribution in [0, 0.1) is 11.7 Å². The van der Waals surface area contributed by atoms with E-state index in [1.165, 1.54) is 12.3 Å². The van der Waals surface area contributed by atoms with E-state index < -0.39 is 6.23 Å². The van der Waals surface area contributed by atoms with E-state index in [4.69, 9.17) is 16.3 Å². The van der Waals surface area contributed by atoms with Crippen LogP contribution in [-0.4, -0.2) is 48.2 Å². The maximum Gasteiger partial charge on any atom is 0.142 e. The normalized spacial score (nSPS) is 26.1. The number of hydrogen-bond donors (Lipinski definition) is 3. The largest absolute Gasteiger partial charge is 0.381 e. The average Bonchev–Trinajstić information content (AvgIpc) is 2.70. The summed E-state index contributed by atoms with van der Waals surface area (Å²) >= 11 is 6.19. The summed E-state index contributed by atoms with van der Waals surface area (Å²) < 4.78 is 18.7. The number of pyridine rings is 1. The van der Waals surface area contributed by atoms with Crippen LogP contribution in [0.4, 0.5) is 4.39 Å². The van der Waals surface area contributed by atoms with Crippen molar-refractivity contribution in [2.45, 2.75) is 69.6 Å². The van der Waals surface area contributed by atoms with Gasteiger partial charge in [-0.15, -0.1) is 0 Å². The zero-order valence-corrected chi connectivity index (χ0v) is 17.5. The zero-order chi connectivity index (χ0) is 20.0. The van der Waals surface area contributed by atoms with E-state index in [1.807, 2.05) is 6.92 Å². The van der Waals surface area contributed by atoms with Crippen molar-refractivity contribution in [3.05, 3.63) is 28.8 Å². The van der Waals surface area contributed by atoms with Crippen LogP contribution in [0.1, 0.15) is 63.5 Å². The number of rotatable bonds is 8. The van der Waals surface area contributed by atoms with Crippen molar-refractivity contribution in [1.82, 2.24) is 15.6 Å². The summed E-state index contributed by atoms with van der Waals surface area (Å²) in [4.78, 5) is 4.23. The van der Waals surface area contributed by atoms with Gasteiger partial charge in [0.2, 0.25) is 0 Å². The highest BCUT2D eigenvalue weighted by Crippen LogP contribution is 2.38. The quantitative estimate of drug-likeness (QED) is 0.568. The first-order valence-corrected chi connectivity index (χ1v) is 11.0. The van der Waals surface area contributed by atoms with Gasteiger partial charge in [-0.25, -0.2) is 4.39 Å². The second-order valence-corrected chi connectivity index (χ2v) is 8.59. The summed E-state index contributed by atoms with van der Waals surface area (Å²) in [7, 11) is 0. The highest BCUT2D eigenvalue weighted by Gasteiger charge is 2.39. The molecule has 7 heteroatoms. The molecule has 0 aromatic carbocycles. The van der Waals surface area contributed by atoms with E-state index in [-0.39, 0.29) is 11.4 Å². The Morgan fingerprint density at radius 3 is 2.68 bits per heavy atom. The van der Waals surface area contributed by atoms with Crippen LogP contribution in [0.15, 0.2) is 12.3 Å². The molecule has 0 bridgehead atoms. The van der Waals surface area contributed by atoms with Gasteiger partial charge in [0.15, 0.2) is 0 Å². The minimum atomic E-state index is -0.552. The molecule has 1 atom stereocenters. The van der Waals surface area contributed by atoms with Crippen LogP contribution >= 0.6 is 11.6 Å². The maximum atomic E-state index is 13.2. The zero-order valence-electron chi connectivity index (χ0n) is 16.7. The van der Waals surface area contributed by atoms with Crippen molar-refractivity contribution >= 4 is 11.6 Å². The molecule has 1 aromatic rings. The molecule has 1 aliphatic carbocycles. The van der Waals surface area contributed by atoms with Gasteiger partial charge in [0, 0.05) is 19.1 Å². The van der Waals surface area contributed by atoms with Crippen LogP contribution in [0.3, 0.4) is 0 Å². The number of halogens is 2. The van der Waals surface area contributed by atoms with Crippen LogP contribution < -0.4 is 10.6 Å². The van der Waals surface area contributed by atoms with E-state index >= 15 is 0 Å². The molecule has 28 heavy (non-hydrogen) atoms. The monoisotopic (exact) mass is 413 g/mol. The minimum absolute atomic E-state index is 0.295. The molecule has 0 radical (unpaired) electrons. The highest BCUT2D eigenvalue weighted by atomic mass is 35.5. The number of likely N-dealkylation sites (N-methyl/N-ethyl adjacent to an activating group) is 1. The second-order valence-electron chi connectivity index (χ2n) is 8.18. The fourth-order valence-electron chi connectivity index (χ4n) is 4.65. The molecule has 1 unspecified atom stereocenters. The highest BCUT2D eigenvalue weighted by molar-refractivity contribution is 6.31. The Labute approximate surface area is 172 Å².